The molecule has 0 spiro atoms. The second-order valence-electron chi connectivity index (χ2n) is 5.72. The molecular weight excluding hydrogens is 246 g/mol. The molecule has 3 unspecified atom stereocenters. The number of ether oxygens (including phenoxy) is 3. The van der Waals surface area contributed by atoms with Gasteiger partial charge in [-0.3, -0.25) is 4.79 Å². The Labute approximate surface area is 114 Å². The largest absolute Gasteiger partial charge is 0.381 e. The average molecular weight is 269 g/mol. The summed E-state index contributed by atoms with van der Waals surface area (Å²) < 4.78 is 16.7. The zero-order chi connectivity index (χ0) is 13.1. The summed E-state index contributed by atoms with van der Waals surface area (Å²) in [5.41, 5.74) is 0. The third-order valence-electron chi connectivity index (χ3n) is 4.42. The highest BCUT2D eigenvalue weighted by molar-refractivity contribution is 5.79. The standard InChI is InChI=1S/C14H23NO4/c16-14(10-3-5-17-6-4-10)15-11-1-2-12-13(9-11)19-8-7-18-12/h10-13H,1-9H2,(H,15,16). The SMILES string of the molecule is O=C(NC1CCC2OCCOC2C1)C1CCOCC1. The van der Waals surface area contributed by atoms with Gasteiger partial charge >= 0.3 is 0 Å². The van der Waals surface area contributed by atoms with Crippen molar-refractivity contribution in [2.75, 3.05) is 26.4 Å². The van der Waals surface area contributed by atoms with Crippen LogP contribution in [0.25, 0.3) is 0 Å². The molecule has 0 bridgehead atoms. The number of hydrogen-bond acceptors (Lipinski definition) is 4. The van der Waals surface area contributed by atoms with Crippen molar-refractivity contribution in [2.24, 2.45) is 5.92 Å². The molecule has 1 N–H and O–H groups in total. The smallest absolute Gasteiger partial charge is 0.223 e. The predicted molar refractivity (Wildman–Crippen MR) is 68.8 cm³/mol. The Morgan fingerprint density at radius 1 is 0.895 bits per heavy atom. The molecule has 1 saturated carbocycles. The number of nitrogens with one attached hydrogen (secondary N) is 1. The van der Waals surface area contributed by atoms with Gasteiger partial charge in [0, 0.05) is 25.2 Å². The van der Waals surface area contributed by atoms with Crippen LogP contribution in [-0.4, -0.2) is 50.6 Å². The van der Waals surface area contributed by atoms with Crippen LogP contribution in [0.2, 0.25) is 0 Å². The van der Waals surface area contributed by atoms with Crippen molar-refractivity contribution in [1.82, 2.24) is 5.32 Å². The Bertz CT molecular complexity index is 317. The first-order valence-electron chi connectivity index (χ1n) is 7.44. The van der Waals surface area contributed by atoms with Crippen molar-refractivity contribution >= 4 is 5.91 Å². The summed E-state index contributed by atoms with van der Waals surface area (Å²) in [4.78, 5) is 12.2. The van der Waals surface area contributed by atoms with Crippen LogP contribution < -0.4 is 5.32 Å². The van der Waals surface area contributed by atoms with Gasteiger partial charge in [-0.2, -0.15) is 0 Å². The summed E-state index contributed by atoms with van der Waals surface area (Å²) in [5.74, 6) is 0.332. The molecule has 2 saturated heterocycles. The Morgan fingerprint density at radius 2 is 1.63 bits per heavy atom. The molecule has 0 aromatic heterocycles. The molecule has 5 heteroatoms. The molecule has 108 valence electrons. The van der Waals surface area contributed by atoms with Crippen molar-refractivity contribution in [3.63, 3.8) is 0 Å². The van der Waals surface area contributed by atoms with Crippen LogP contribution >= 0.6 is 0 Å². The normalized spacial score (nSPS) is 36.5. The zero-order valence-corrected chi connectivity index (χ0v) is 11.3. The van der Waals surface area contributed by atoms with Gasteiger partial charge in [0.1, 0.15) is 0 Å². The number of amides is 1. The Kier molecular flexibility index (Phi) is 4.35. The number of hydrogen-bond donors (Lipinski definition) is 1. The molecule has 2 aliphatic heterocycles. The lowest BCUT2D eigenvalue weighted by molar-refractivity contribution is -0.159. The van der Waals surface area contributed by atoms with Gasteiger partial charge in [0.2, 0.25) is 5.91 Å². The molecule has 0 aromatic carbocycles. The van der Waals surface area contributed by atoms with Gasteiger partial charge < -0.3 is 19.5 Å². The highest BCUT2D eigenvalue weighted by Crippen LogP contribution is 2.27. The predicted octanol–water partition coefficient (Wildman–Crippen LogP) is 0.866. The van der Waals surface area contributed by atoms with Crippen molar-refractivity contribution in [3.8, 4) is 0 Å². The van der Waals surface area contributed by atoms with E-state index in [1.807, 2.05) is 0 Å². The van der Waals surface area contributed by atoms with Crippen molar-refractivity contribution in [2.45, 2.75) is 50.4 Å². The van der Waals surface area contributed by atoms with E-state index in [9.17, 15) is 4.79 Å². The van der Waals surface area contributed by atoms with Gasteiger partial charge in [0.25, 0.3) is 0 Å². The second-order valence-corrected chi connectivity index (χ2v) is 5.72. The quantitative estimate of drug-likeness (QED) is 0.808. The lowest BCUT2D eigenvalue weighted by atomic mass is 9.89. The number of fused-ring (bicyclic) bond motifs is 1. The molecule has 2 heterocycles. The molecule has 3 rings (SSSR count). The van der Waals surface area contributed by atoms with Crippen LogP contribution in [-0.2, 0) is 19.0 Å². The van der Waals surface area contributed by atoms with Crippen LogP contribution in [0.3, 0.4) is 0 Å². The Balaban J connectivity index is 1.48. The highest BCUT2D eigenvalue weighted by Gasteiger charge is 2.35. The van der Waals surface area contributed by atoms with E-state index in [2.05, 4.69) is 5.32 Å². The van der Waals surface area contributed by atoms with Gasteiger partial charge in [-0.25, -0.2) is 0 Å². The summed E-state index contributed by atoms with van der Waals surface area (Å²) in [6.45, 7) is 2.82. The molecule has 19 heavy (non-hydrogen) atoms. The Hall–Kier alpha value is -0.650. The average Bonchev–Trinajstić information content (AvgIpc) is 2.48. The van der Waals surface area contributed by atoms with E-state index >= 15 is 0 Å². The molecule has 5 nitrogen and oxygen atoms in total. The van der Waals surface area contributed by atoms with Gasteiger partial charge in [-0.15, -0.1) is 0 Å². The minimum atomic E-state index is 0.134. The maximum atomic E-state index is 12.2. The van der Waals surface area contributed by atoms with E-state index in [1.54, 1.807) is 0 Å². The van der Waals surface area contributed by atoms with E-state index in [0.717, 1.165) is 32.1 Å². The summed E-state index contributed by atoms with van der Waals surface area (Å²) in [5, 5.41) is 3.19. The van der Waals surface area contributed by atoms with Crippen LogP contribution in [0.15, 0.2) is 0 Å². The minimum Gasteiger partial charge on any atom is -0.381 e. The fourth-order valence-corrected chi connectivity index (χ4v) is 3.28. The fourth-order valence-electron chi connectivity index (χ4n) is 3.28. The topological polar surface area (TPSA) is 56.8 Å². The molecule has 1 amide bonds. The zero-order valence-electron chi connectivity index (χ0n) is 11.3. The molecular formula is C14H23NO4. The van der Waals surface area contributed by atoms with Crippen LogP contribution in [0.1, 0.15) is 32.1 Å². The van der Waals surface area contributed by atoms with Crippen LogP contribution in [0.5, 0.6) is 0 Å². The Morgan fingerprint density at radius 3 is 2.42 bits per heavy atom. The van der Waals surface area contributed by atoms with E-state index in [1.165, 1.54) is 0 Å². The lowest BCUT2D eigenvalue weighted by Crippen LogP contribution is -2.50. The van der Waals surface area contributed by atoms with E-state index < -0.39 is 0 Å². The molecule has 1 aliphatic carbocycles. The summed E-state index contributed by atoms with van der Waals surface area (Å²) in [6.07, 6.45) is 4.99. The van der Waals surface area contributed by atoms with Gasteiger partial charge in [-0.1, -0.05) is 0 Å². The first-order valence-corrected chi connectivity index (χ1v) is 7.44. The molecule has 0 radical (unpaired) electrons. The maximum absolute atomic E-state index is 12.2. The van der Waals surface area contributed by atoms with E-state index in [-0.39, 0.29) is 30.1 Å². The van der Waals surface area contributed by atoms with E-state index in [0.29, 0.717) is 26.4 Å². The molecule has 3 aliphatic rings. The van der Waals surface area contributed by atoms with E-state index in [4.69, 9.17) is 14.2 Å². The monoisotopic (exact) mass is 269 g/mol. The van der Waals surface area contributed by atoms with Crippen molar-refractivity contribution in [3.05, 3.63) is 0 Å². The third kappa shape index (κ3) is 3.27. The molecule has 0 aromatic rings. The van der Waals surface area contributed by atoms with Crippen LogP contribution in [0.4, 0.5) is 0 Å². The van der Waals surface area contributed by atoms with Crippen LogP contribution in [0, 0.1) is 5.92 Å². The molecule has 3 fully saturated rings. The summed E-state index contributed by atoms with van der Waals surface area (Å²) in [6, 6.07) is 0.248. The summed E-state index contributed by atoms with van der Waals surface area (Å²) in [7, 11) is 0. The number of carbonyl (C=O) groups is 1. The lowest BCUT2D eigenvalue weighted by Gasteiger charge is -2.39. The van der Waals surface area contributed by atoms with Gasteiger partial charge in [-0.05, 0) is 32.1 Å². The van der Waals surface area contributed by atoms with Crippen molar-refractivity contribution in [1.29, 1.82) is 0 Å². The minimum absolute atomic E-state index is 0.134. The fraction of sp³-hybridized carbons (Fsp3) is 0.929. The second kappa shape index (κ2) is 6.20. The number of carbonyl (C=O) groups excluding carboxylic acids is 1. The first kappa shape index (κ1) is 13.3. The van der Waals surface area contributed by atoms with Gasteiger partial charge in [0.05, 0.1) is 25.4 Å². The third-order valence-corrected chi connectivity index (χ3v) is 4.42. The highest BCUT2D eigenvalue weighted by atomic mass is 16.6. The first-order chi connectivity index (χ1) is 9.33. The maximum Gasteiger partial charge on any atom is 0.223 e. The summed E-state index contributed by atoms with van der Waals surface area (Å²) >= 11 is 0. The van der Waals surface area contributed by atoms with Crippen molar-refractivity contribution < 1.29 is 19.0 Å². The van der Waals surface area contributed by atoms with Gasteiger partial charge in [0.15, 0.2) is 0 Å². The molecule has 3 atom stereocenters. The number of rotatable bonds is 2.